The minimum Gasteiger partial charge on any atom is -0.478 e. The summed E-state index contributed by atoms with van der Waals surface area (Å²) in [5, 5.41) is 0.476. The van der Waals surface area contributed by atoms with Crippen LogP contribution in [-0.4, -0.2) is 36.1 Å². The molecule has 0 bridgehead atoms. The van der Waals surface area contributed by atoms with Gasteiger partial charge in [-0.2, -0.15) is 0 Å². The zero-order valence-corrected chi connectivity index (χ0v) is 10.6. The van der Waals surface area contributed by atoms with Gasteiger partial charge in [-0.05, 0) is 18.9 Å². The van der Waals surface area contributed by atoms with E-state index in [2.05, 4.69) is 22.0 Å². The molecule has 0 amide bonds. The second-order valence-corrected chi connectivity index (χ2v) is 4.45. The van der Waals surface area contributed by atoms with E-state index in [9.17, 15) is 0 Å². The Kier molecular flexibility index (Phi) is 4.83. The van der Waals surface area contributed by atoms with E-state index in [1.165, 1.54) is 0 Å². The first kappa shape index (κ1) is 12.4. The van der Waals surface area contributed by atoms with Gasteiger partial charge in [0.2, 0.25) is 5.88 Å². The Morgan fingerprint density at radius 3 is 3.06 bits per heavy atom. The molecule has 2 heterocycles. The van der Waals surface area contributed by atoms with Crippen LogP contribution in [-0.2, 0) is 0 Å². The molecule has 92 valence electrons. The van der Waals surface area contributed by atoms with Crippen LogP contribution in [0.4, 0.5) is 0 Å². The van der Waals surface area contributed by atoms with Crippen molar-refractivity contribution in [2.45, 2.75) is 12.8 Å². The summed E-state index contributed by atoms with van der Waals surface area (Å²) in [6, 6.07) is 5.42. The van der Waals surface area contributed by atoms with Gasteiger partial charge in [0.25, 0.3) is 0 Å². The van der Waals surface area contributed by atoms with Gasteiger partial charge in [-0.15, -0.1) is 0 Å². The highest BCUT2D eigenvalue weighted by molar-refractivity contribution is 6.29. The van der Waals surface area contributed by atoms with Crippen molar-refractivity contribution >= 4 is 11.6 Å². The molecule has 1 aliphatic heterocycles. The summed E-state index contributed by atoms with van der Waals surface area (Å²) < 4.78 is 5.54. The topological polar surface area (TPSA) is 25.4 Å². The summed E-state index contributed by atoms with van der Waals surface area (Å²) in [7, 11) is 0. The summed E-state index contributed by atoms with van der Waals surface area (Å²) in [4.78, 5) is 6.50. The molecule has 1 aliphatic rings. The Morgan fingerprint density at radius 1 is 1.35 bits per heavy atom. The van der Waals surface area contributed by atoms with Gasteiger partial charge in [0.15, 0.2) is 0 Å². The Hall–Kier alpha value is -1.06. The lowest BCUT2D eigenvalue weighted by Crippen LogP contribution is -2.29. The molecular formula is C13H17ClN2O. The van der Waals surface area contributed by atoms with Gasteiger partial charge in [0, 0.05) is 25.7 Å². The van der Waals surface area contributed by atoms with Crippen molar-refractivity contribution in [2.24, 2.45) is 0 Å². The van der Waals surface area contributed by atoms with Crippen LogP contribution in [0.1, 0.15) is 12.8 Å². The molecule has 4 heteroatoms. The summed E-state index contributed by atoms with van der Waals surface area (Å²) >= 11 is 5.77. The van der Waals surface area contributed by atoms with Gasteiger partial charge in [-0.25, -0.2) is 4.98 Å². The van der Waals surface area contributed by atoms with E-state index in [4.69, 9.17) is 16.3 Å². The van der Waals surface area contributed by atoms with E-state index in [1.807, 2.05) is 12.1 Å². The van der Waals surface area contributed by atoms with Crippen molar-refractivity contribution in [1.82, 2.24) is 9.88 Å². The largest absolute Gasteiger partial charge is 0.478 e. The minimum absolute atomic E-state index is 0.476. The molecule has 0 aliphatic carbocycles. The molecule has 0 radical (unpaired) electrons. The first-order chi connectivity index (χ1) is 8.34. The lowest BCUT2D eigenvalue weighted by Gasteiger charge is -2.22. The molecule has 0 spiro atoms. The summed E-state index contributed by atoms with van der Waals surface area (Å²) in [6.45, 7) is 3.99. The molecular weight excluding hydrogens is 236 g/mol. The van der Waals surface area contributed by atoms with Crippen molar-refractivity contribution < 1.29 is 4.74 Å². The predicted octanol–water partition coefficient (Wildman–Crippen LogP) is 2.77. The van der Waals surface area contributed by atoms with E-state index in [1.54, 1.807) is 6.07 Å². The van der Waals surface area contributed by atoms with E-state index < -0.39 is 0 Å². The normalized spacial score (nSPS) is 16.1. The third kappa shape index (κ3) is 4.36. The number of halogens is 1. The maximum atomic E-state index is 5.77. The van der Waals surface area contributed by atoms with Crippen molar-refractivity contribution in [3.8, 4) is 5.88 Å². The Bertz CT molecular complexity index is 381. The third-order valence-electron chi connectivity index (χ3n) is 2.70. The summed E-state index contributed by atoms with van der Waals surface area (Å²) in [6.07, 6.45) is 6.64. The van der Waals surface area contributed by atoms with Gasteiger partial charge >= 0.3 is 0 Å². The predicted molar refractivity (Wildman–Crippen MR) is 69.6 cm³/mol. The zero-order valence-electron chi connectivity index (χ0n) is 9.81. The zero-order chi connectivity index (χ0) is 11.9. The van der Waals surface area contributed by atoms with Gasteiger partial charge < -0.3 is 4.74 Å². The molecule has 0 saturated carbocycles. The van der Waals surface area contributed by atoms with Crippen LogP contribution in [0.25, 0.3) is 0 Å². The van der Waals surface area contributed by atoms with E-state index in [0.717, 1.165) is 32.5 Å². The average molecular weight is 253 g/mol. The fourth-order valence-corrected chi connectivity index (χ4v) is 1.98. The van der Waals surface area contributed by atoms with Crippen LogP contribution < -0.4 is 4.74 Å². The molecule has 3 nitrogen and oxygen atoms in total. The van der Waals surface area contributed by atoms with Crippen LogP contribution in [0.2, 0.25) is 5.15 Å². The van der Waals surface area contributed by atoms with Crippen molar-refractivity contribution in [3.63, 3.8) is 0 Å². The minimum atomic E-state index is 0.476. The van der Waals surface area contributed by atoms with Crippen molar-refractivity contribution in [3.05, 3.63) is 35.5 Å². The Morgan fingerprint density at radius 2 is 2.29 bits per heavy atom. The number of rotatable bonds is 5. The Labute approximate surface area is 107 Å². The molecule has 1 aromatic heterocycles. The molecule has 0 unspecified atom stereocenters. The SMILES string of the molecule is Clc1cccc(OCCCN2CC=CCC2)n1. The quantitative estimate of drug-likeness (QED) is 0.458. The number of ether oxygens (including phenoxy) is 1. The second-order valence-electron chi connectivity index (χ2n) is 4.06. The van der Waals surface area contributed by atoms with Crippen molar-refractivity contribution in [2.75, 3.05) is 26.2 Å². The van der Waals surface area contributed by atoms with Gasteiger partial charge in [0.1, 0.15) is 5.15 Å². The first-order valence-electron chi connectivity index (χ1n) is 5.97. The fourth-order valence-electron chi connectivity index (χ4n) is 1.83. The summed E-state index contributed by atoms with van der Waals surface area (Å²) in [5.41, 5.74) is 0. The average Bonchev–Trinajstić information content (AvgIpc) is 2.36. The fraction of sp³-hybridized carbons (Fsp3) is 0.462. The highest BCUT2D eigenvalue weighted by atomic mass is 35.5. The van der Waals surface area contributed by atoms with Crippen LogP contribution >= 0.6 is 11.6 Å². The number of nitrogens with zero attached hydrogens (tertiary/aromatic N) is 2. The third-order valence-corrected chi connectivity index (χ3v) is 2.91. The molecule has 0 atom stereocenters. The van der Waals surface area contributed by atoms with E-state index in [0.29, 0.717) is 17.6 Å². The standard InChI is InChI=1S/C13H17ClN2O/c14-12-6-4-7-13(15-12)17-11-5-10-16-8-2-1-3-9-16/h1-2,4,6-7H,3,5,8-11H2. The van der Waals surface area contributed by atoms with Gasteiger partial charge in [0.05, 0.1) is 6.61 Å². The molecule has 0 fully saturated rings. The van der Waals surface area contributed by atoms with Gasteiger partial charge in [-0.1, -0.05) is 29.8 Å². The smallest absolute Gasteiger partial charge is 0.214 e. The number of hydrogen-bond acceptors (Lipinski definition) is 3. The molecule has 0 N–H and O–H groups in total. The number of aromatic nitrogens is 1. The van der Waals surface area contributed by atoms with Crippen molar-refractivity contribution in [1.29, 1.82) is 0 Å². The molecule has 17 heavy (non-hydrogen) atoms. The molecule has 0 saturated heterocycles. The van der Waals surface area contributed by atoms with Crippen LogP contribution in [0.15, 0.2) is 30.4 Å². The highest BCUT2D eigenvalue weighted by Gasteiger charge is 2.05. The number of pyridine rings is 1. The van der Waals surface area contributed by atoms with E-state index in [-0.39, 0.29) is 0 Å². The molecule has 2 rings (SSSR count). The monoisotopic (exact) mass is 252 g/mol. The molecule has 0 aromatic carbocycles. The lowest BCUT2D eigenvalue weighted by atomic mass is 10.2. The highest BCUT2D eigenvalue weighted by Crippen LogP contribution is 2.11. The van der Waals surface area contributed by atoms with Gasteiger partial charge in [-0.3, -0.25) is 4.90 Å². The van der Waals surface area contributed by atoms with Crippen LogP contribution in [0, 0.1) is 0 Å². The van der Waals surface area contributed by atoms with E-state index >= 15 is 0 Å². The maximum absolute atomic E-state index is 5.77. The first-order valence-corrected chi connectivity index (χ1v) is 6.35. The number of hydrogen-bond donors (Lipinski definition) is 0. The lowest BCUT2D eigenvalue weighted by molar-refractivity contribution is 0.242. The van der Waals surface area contributed by atoms with Crippen LogP contribution in [0.3, 0.4) is 0 Å². The maximum Gasteiger partial charge on any atom is 0.214 e. The second kappa shape index (κ2) is 6.62. The Balaban J connectivity index is 1.64. The van der Waals surface area contributed by atoms with Crippen LogP contribution in [0.5, 0.6) is 5.88 Å². The summed E-state index contributed by atoms with van der Waals surface area (Å²) in [5.74, 6) is 0.607. The molecule has 1 aromatic rings.